The zero-order chi connectivity index (χ0) is 40.5. The van der Waals surface area contributed by atoms with Gasteiger partial charge in [0.05, 0.1) is 35.0 Å². The molecule has 9 heteroatoms. The number of hydrogen-bond donors (Lipinski definition) is 1. The number of anilines is 2. The summed E-state index contributed by atoms with van der Waals surface area (Å²) in [5, 5.41) is 13.2. The van der Waals surface area contributed by atoms with E-state index >= 15 is 0 Å². The van der Waals surface area contributed by atoms with Gasteiger partial charge in [0.25, 0.3) is 0 Å². The second-order valence-electron chi connectivity index (χ2n) is 15.8. The van der Waals surface area contributed by atoms with Crippen molar-refractivity contribution in [2.24, 2.45) is 29.6 Å². The van der Waals surface area contributed by atoms with Gasteiger partial charge in [0.15, 0.2) is 11.6 Å². The van der Waals surface area contributed by atoms with Gasteiger partial charge in [0.2, 0.25) is 23.6 Å². The molecule has 0 radical (unpaired) electrons. The number of rotatable bonds is 7. The van der Waals surface area contributed by atoms with Gasteiger partial charge in [-0.15, -0.1) is 0 Å². The maximum atomic E-state index is 14.8. The van der Waals surface area contributed by atoms with Gasteiger partial charge in [-0.1, -0.05) is 103 Å². The Morgan fingerprint density at radius 1 is 0.492 bits per heavy atom. The number of hydrogen-bond acceptors (Lipinski definition) is 7. The first-order valence-electron chi connectivity index (χ1n) is 19.8. The van der Waals surface area contributed by atoms with E-state index in [1.165, 1.54) is 9.80 Å². The molecule has 6 atom stereocenters. The number of aromatic hydroxyl groups is 1. The molecule has 3 fully saturated rings. The van der Waals surface area contributed by atoms with Crippen molar-refractivity contribution in [2.75, 3.05) is 9.80 Å². The summed E-state index contributed by atoms with van der Waals surface area (Å²) in [4.78, 5) is 87.1. The van der Waals surface area contributed by atoms with E-state index < -0.39 is 53.2 Å². The fourth-order valence-electron chi connectivity index (χ4n) is 10.1. The summed E-state index contributed by atoms with van der Waals surface area (Å²) < 4.78 is 0. The highest BCUT2D eigenvalue weighted by molar-refractivity contribution is 6.24. The number of phenolic OH excluding ortho intramolecular Hbond substituents is 1. The normalized spacial score (nSPS) is 23.5. The first-order chi connectivity index (χ1) is 28.7. The predicted octanol–water partition coefficient (Wildman–Crippen LogP) is 8.05. The van der Waals surface area contributed by atoms with E-state index in [9.17, 15) is 33.9 Å². The van der Waals surface area contributed by atoms with Crippen molar-refractivity contribution in [2.45, 2.75) is 18.8 Å². The number of amides is 4. The van der Waals surface area contributed by atoms with Crippen molar-refractivity contribution >= 4 is 57.3 Å². The van der Waals surface area contributed by atoms with Gasteiger partial charge in [-0.2, -0.15) is 0 Å². The van der Waals surface area contributed by atoms with E-state index in [-0.39, 0.29) is 36.1 Å². The van der Waals surface area contributed by atoms with Crippen LogP contribution in [0.3, 0.4) is 0 Å². The van der Waals surface area contributed by atoms with Crippen LogP contribution in [0.15, 0.2) is 157 Å². The quantitative estimate of drug-likeness (QED) is 0.0987. The van der Waals surface area contributed by atoms with Crippen LogP contribution in [0, 0.1) is 29.6 Å². The highest BCUT2D eigenvalue weighted by Gasteiger charge is 2.62. The van der Waals surface area contributed by atoms with E-state index in [1.807, 2.05) is 42.5 Å². The summed E-state index contributed by atoms with van der Waals surface area (Å²) in [5.74, 6) is -6.64. The van der Waals surface area contributed by atoms with Crippen LogP contribution >= 0.6 is 0 Å². The smallest absolute Gasteiger partial charge is 0.238 e. The number of allylic oxidation sites excluding steroid dienone is 2. The largest absolute Gasteiger partial charge is 0.508 e. The van der Waals surface area contributed by atoms with Crippen LogP contribution in [0.4, 0.5) is 11.4 Å². The number of fused-ring (bicyclic) bond motifs is 5. The van der Waals surface area contributed by atoms with Crippen LogP contribution in [-0.2, 0) is 19.2 Å². The molecule has 0 spiro atoms. The van der Waals surface area contributed by atoms with Crippen LogP contribution in [0.2, 0.25) is 0 Å². The average molecular weight is 777 g/mol. The zero-order valence-electron chi connectivity index (χ0n) is 31.6. The molecule has 0 bridgehead atoms. The van der Waals surface area contributed by atoms with Crippen molar-refractivity contribution in [3.8, 4) is 5.75 Å². The SMILES string of the molecule is O=C(c1ccccc1)c1ccc(N2C(=O)[C@H]3[C@H](CC=C4[C@H]3C[C@H]3C(=O)N(c5ccc(C(=O)c6ccccc6)cc5)C(=O)[C@H]3[C@H]4c3c(O)ccc4ccccc34)C2=O)cc1. The Kier molecular flexibility index (Phi) is 8.56. The summed E-state index contributed by atoms with van der Waals surface area (Å²) in [7, 11) is 0. The molecule has 6 aromatic rings. The minimum absolute atomic E-state index is 0.0285. The minimum atomic E-state index is -0.901. The van der Waals surface area contributed by atoms with E-state index in [2.05, 4.69) is 0 Å². The molecule has 1 saturated carbocycles. The van der Waals surface area contributed by atoms with Gasteiger partial charge in [0, 0.05) is 33.7 Å². The second kappa shape index (κ2) is 14.0. The van der Waals surface area contributed by atoms with Gasteiger partial charge in [0.1, 0.15) is 5.75 Å². The summed E-state index contributed by atoms with van der Waals surface area (Å²) in [6, 6.07) is 41.5. The van der Waals surface area contributed by atoms with Gasteiger partial charge in [-0.25, -0.2) is 0 Å². The van der Waals surface area contributed by atoms with Crippen LogP contribution in [0.5, 0.6) is 5.75 Å². The number of phenols is 1. The van der Waals surface area contributed by atoms with Crippen LogP contribution in [0.1, 0.15) is 56.2 Å². The first-order valence-corrected chi connectivity index (χ1v) is 19.8. The molecule has 10 rings (SSSR count). The lowest BCUT2D eigenvalue weighted by Gasteiger charge is -2.44. The number of imide groups is 2. The zero-order valence-corrected chi connectivity index (χ0v) is 31.6. The van der Waals surface area contributed by atoms with E-state index in [4.69, 9.17) is 0 Å². The average Bonchev–Trinajstić information content (AvgIpc) is 3.69. The molecular weight excluding hydrogens is 741 g/mol. The molecule has 9 nitrogen and oxygen atoms in total. The molecule has 4 amide bonds. The Balaban J connectivity index is 1.02. The summed E-state index contributed by atoms with van der Waals surface area (Å²) in [5.41, 5.74) is 3.80. The Morgan fingerprint density at radius 3 is 1.56 bits per heavy atom. The van der Waals surface area contributed by atoms with Crippen molar-refractivity contribution in [3.05, 3.63) is 185 Å². The third-order valence-electron chi connectivity index (χ3n) is 12.8. The topological polar surface area (TPSA) is 129 Å². The number of ketones is 2. The molecule has 2 aliphatic heterocycles. The number of carbonyl (C=O) groups excluding carboxylic acids is 6. The summed E-state index contributed by atoms with van der Waals surface area (Å²) >= 11 is 0. The first kappa shape index (κ1) is 36.1. The van der Waals surface area contributed by atoms with Crippen molar-refractivity contribution in [3.63, 3.8) is 0 Å². The molecule has 4 aliphatic rings. The highest BCUT2D eigenvalue weighted by Crippen LogP contribution is 2.60. The van der Waals surface area contributed by atoms with Crippen LogP contribution in [-0.4, -0.2) is 40.3 Å². The minimum Gasteiger partial charge on any atom is -0.508 e. The second-order valence-corrected chi connectivity index (χ2v) is 15.8. The molecule has 2 saturated heterocycles. The lowest BCUT2D eigenvalue weighted by atomic mass is 9.56. The molecule has 59 heavy (non-hydrogen) atoms. The Bertz CT molecular complexity index is 2780. The van der Waals surface area contributed by atoms with E-state index in [0.717, 1.165) is 16.3 Å². The molecular formula is C50H36N2O7. The number of nitrogens with zero attached hydrogens (tertiary/aromatic N) is 2. The third kappa shape index (κ3) is 5.67. The predicted molar refractivity (Wildman–Crippen MR) is 221 cm³/mol. The molecule has 6 aromatic carbocycles. The fourth-order valence-corrected chi connectivity index (χ4v) is 10.1. The van der Waals surface area contributed by atoms with Gasteiger partial charge in [-0.05, 0) is 84.1 Å². The molecule has 1 N–H and O–H groups in total. The lowest BCUT2D eigenvalue weighted by Crippen LogP contribution is -2.43. The monoisotopic (exact) mass is 776 g/mol. The number of carbonyl (C=O) groups is 6. The molecule has 0 aromatic heterocycles. The fraction of sp³-hybridized carbons (Fsp3) is 0.160. The van der Waals surface area contributed by atoms with Crippen LogP contribution in [0.25, 0.3) is 10.8 Å². The van der Waals surface area contributed by atoms with Crippen molar-refractivity contribution in [1.82, 2.24) is 0 Å². The van der Waals surface area contributed by atoms with Gasteiger partial charge >= 0.3 is 0 Å². The van der Waals surface area contributed by atoms with E-state index in [0.29, 0.717) is 39.2 Å². The van der Waals surface area contributed by atoms with Crippen molar-refractivity contribution in [1.29, 1.82) is 0 Å². The molecule has 2 heterocycles. The summed E-state index contributed by atoms with van der Waals surface area (Å²) in [6.07, 6.45) is 2.35. The molecule has 0 unspecified atom stereocenters. The van der Waals surface area contributed by atoms with Crippen molar-refractivity contribution < 1.29 is 33.9 Å². The van der Waals surface area contributed by atoms with Gasteiger partial charge in [-0.3, -0.25) is 38.6 Å². The third-order valence-corrected chi connectivity index (χ3v) is 12.8. The maximum Gasteiger partial charge on any atom is 0.238 e. The lowest BCUT2D eigenvalue weighted by molar-refractivity contribution is -0.126. The Labute approximate surface area is 339 Å². The molecule has 2 aliphatic carbocycles. The van der Waals surface area contributed by atoms with Crippen LogP contribution < -0.4 is 9.80 Å². The maximum absolute atomic E-state index is 14.8. The standard InChI is InChI=1S/C50H36N2O7/c53-40-26-19-28-9-7-8-14-35(28)42(40)43-36-24-25-37-41(49(58)51(47(37)56)33-20-15-31(16-21-33)45(54)29-10-3-1-4-11-29)38(36)27-39-44(43)50(59)52(48(39)57)34-22-17-32(18-23-34)46(55)30-12-5-2-6-13-30/h1-24,26,37-39,41,43-44,53H,25,27H2/t37-,38+,39+,41-,43+,44+/m0/s1. The Morgan fingerprint density at radius 2 is 0.983 bits per heavy atom. The van der Waals surface area contributed by atoms with Gasteiger partial charge < -0.3 is 5.11 Å². The molecule has 288 valence electrons. The Hall–Kier alpha value is -7.26. The highest BCUT2D eigenvalue weighted by atomic mass is 16.3. The van der Waals surface area contributed by atoms with E-state index in [1.54, 1.807) is 109 Å². The number of benzene rings is 6. The summed E-state index contributed by atoms with van der Waals surface area (Å²) in [6.45, 7) is 0.